The molecule has 1 aliphatic heterocycles. The van der Waals surface area contributed by atoms with E-state index in [1.807, 2.05) is 4.90 Å². The van der Waals surface area contributed by atoms with E-state index in [4.69, 9.17) is 0 Å². The highest BCUT2D eigenvalue weighted by atomic mass is 16.4. The predicted molar refractivity (Wildman–Crippen MR) is 88.6 cm³/mol. The normalized spacial score (nSPS) is 19.5. The lowest BCUT2D eigenvalue weighted by Crippen LogP contribution is -2.45. The minimum atomic E-state index is -1.11. The second kappa shape index (κ2) is 6.85. The first-order chi connectivity index (χ1) is 11.9. The summed E-state index contributed by atoms with van der Waals surface area (Å²) in [6.45, 7) is 4.58. The molecule has 8 nitrogen and oxygen atoms in total. The van der Waals surface area contributed by atoms with Crippen LogP contribution in [0, 0.1) is 25.7 Å². The molecule has 2 aliphatic rings. The molecule has 25 heavy (non-hydrogen) atoms. The summed E-state index contributed by atoms with van der Waals surface area (Å²) in [5.41, 5.74) is 1.70. The van der Waals surface area contributed by atoms with Gasteiger partial charge in [0.2, 0.25) is 11.8 Å². The quantitative estimate of drug-likeness (QED) is 0.732. The molecule has 2 fully saturated rings. The van der Waals surface area contributed by atoms with E-state index in [2.05, 4.69) is 15.5 Å². The van der Waals surface area contributed by atoms with Crippen molar-refractivity contribution < 1.29 is 19.5 Å². The van der Waals surface area contributed by atoms with E-state index >= 15 is 0 Å². The van der Waals surface area contributed by atoms with Crippen LogP contribution in [0.15, 0.2) is 0 Å². The molecule has 8 heteroatoms. The van der Waals surface area contributed by atoms with Crippen LogP contribution in [0.5, 0.6) is 0 Å². The van der Waals surface area contributed by atoms with E-state index in [0.717, 1.165) is 12.8 Å². The zero-order valence-corrected chi connectivity index (χ0v) is 14.5. The molecule has 3 N–H and O–H groups in total. The summed E-state index contributed by atoms with van der Waals surface area (Å²) in [4.78, 5) is 38.1. The second-order valence-electron chi connectivity index (χ2n) is 7.00. The number of aryl methyl sites for hydroxylation is 2. The fourth-order valence-electron chi connectivity index (χ4n) is 3.45. The van der Waals surface area contributed by atoms with Gasteiger partial charge in [-0.25, -0.2) is 4.79 Å². The molecule has 0 spiro atoms. The van der Waals surface area contributed by atoms with Crippen LogP contribution in [0.3, 0.4) is 0 Å². The van der Waals surface area contributed by atoms with Gasteiger partial charge in [0.15, 0.2) is 6.04 Å². The molecule has 1 aromatic rings. The van der Waals surface area contributed by atoms with Gasteiger partial charge in [-0.05, 0) is 39.5 Å². The summed E-state index contributed by atoms with van der Waals surface area (Å²) in [7, 11) is 0. The summed E-state index contributed by atoms with van der Waals surface area (Å²) in [6.07, 6.45) is 3.09. The van der Waals surface area contributed by atoms with Gasteiger partial charge < -0.3 is 15.3 Å². The second-order valence-corrected chi connectivity index (χ2v) is 7.00. The smallest absolute Gasteiger partial charge is 0.331 e. The molecule has 1 aliphatic carbocycles. The topological polar surface area (TPSA) is 115 Å². The Morgan fingerprint density at radius 2 is 1.80 bits per heavy atom. The zero-order valence-electron chi connectivity index (χ0n) is 14.5. The number of aromatic amines is 1. The molecule has 1 saturated carbocycles. The van der Waals surface area contributed by atoms with Crippen molar-refractivity contribution in [2.24, 2.45) is 11.8 Å². The number of rotatable bonds is 5. The third-order valence-corrected chi connectivity index (χ3v) is 5.11. The molecule has 1 unspecified atom stereocenters. The molecular formula is C17H24N4O4. The number of carbonyl (C=O) groups excluding carboxylic acids is 2. The number of hydrogen-bond acceptors (Lipinski definition) is 4. The number of carbonyl (C=O) groups is 3. The van der Waals surface area contributed by atoms with E-state index in [9.17, 15) is 19.5 Å². The van der Waals surface area contributed by atoms with Crippen LogP contribution < -0.4 is 5.32 Å². The Morgan fingerprint density at radius 1 is 1.16 bits per heavy atom. The molecule has 2 heterocycles. The maximum absolute atomic E-state index is 12.5. The van der Waals surface area contributed by atoms with Crippen LogP contribution in [0.2, 0.25) is 0 Å². The van der Waals surface area contributed by atoms with E-state index in [-0.39, 0.29) is 23.7 Å². The molecule has 2 amide bonds. The lowest BCUT2D eigenvalue weighted by molar-refractivity contribution is -0.143. The van der Waals surface area contributed by atoms with Crippen molar-refractivity contribution in [1.29, 1.82) is 0 Å². The van der Waals surface area contributed by atoms with Crippen molar-refractivity contribution in [1.82, 2.24) is 20.4 Å². The fraction of sp³-hybridized carbons (Fsp3) is 0.647. The predicted octanol–water partition coefficient (Wildman–Crippen LogP) is 0.917. The SMILES string of the molecule is Cc1n[nH]c(C)c1C(NC(=O)C1CCN(C(=O)C2CC2)CC1)C(=O)O. The number of nitrogens with zero attached hydrogens (tertiary/aromatic N) is 2. The maximum Gasteiger partial charge on any atom is 0.331 e. The lowest BCUT2D eigenvalue weighted by atomic mass is 9.94. The first-order valence-corrected chi connectivity index (χ1v) is 8.72. The highest BCUT2D eigenvalue weighted by Gasteiger charge is 2.37. The van der Waals surface area contributed by atoms with Crippen molar-refractivity contribution in [3.63, 3.8) is 0 Å². The fourth-order valence-corrected chi connectivity index (χ4v) is 3.45. The Morgan fingerprint density at radius 3 is 2.28 bits per heavy atom. The number of amides is 2. The monoisotopic (exact) mass is 348 g/mol. The van der Waals surface area contributed by atoms with Gasteiger partial charge in [-0.3, -0.25) is 14.7 Å². The minimum Gasteiger partial charge on any atom is -0.479 e. The number of aliphatic carboxylic acids is 1. The summed E-state index contributed by atoms with van der Waals surface area (Å²) < 4.78 is 0. The number of aromatic nitrogens is 2. The van der Waals surface area contributed by atoms with Crippen molar-refractivity contribution in [3.8, 4) is 0 Å². The van der Waals surface area contributed by atoms with E-state index in [1.54, 1.807) is 13.8 Å². The van der Waals surface area contributed by atoms with Gasteiger partial charge in [0, 0.05) is 36.2 Å². The molecule has 0 radical (unpaired) electrons. The highest BCUT2D eigenvalue weighted by Crippen LogP contribution is 2.32. The van der Waals surface area contributed by atoms with Crippen molar-refractivity contribution in [3.05, 3.63) is 17.0 Å². The number of carboxylic acid groups (broad SMARTS) is 1. The molecule has 3 rings (SSSR count). The van der Waals surface area contributed by atoms with Gasteiger partial charge >= 0.3 is 5.97 Å². The molecule has 0 aromatic carbocycles. The third kappa shape index (κ3) is 3.67. The average molecular weight is 348 g/mol. The number of nitrogens with one attached hydrogen (secondary N) is 2. The molecule has 1 saturated heterocycles. The summed E-state index contributed by atoms with van der Waals surface area (Å²) in [5.74, 6) is -1.26. The largest absolute Gasteiger partial charge is 0.479 e. The van der Waals surface area contributed by atoms with Gasteiger partial charge in [-0.1, -0.05) is 0 Å². The van der Waals surface area contributed by atoms with E-state index < -0.39 is 12.0 Å². The Labute approximate surface area is 146 Å². The number of piperidine rings is 1. The summed E-state index contributed by atoms with van der Waals surface area (Å²) >= 11 is 0. The van der Waals surface area contributed by atoms with Gasteiger partial charge in [-0.2, -0.15) is 5.10 Å². The molecule has 136 valence electrons. The minimum absolute atomic E-state index is 0.189. The number of likely N-dealkylation sites (tertiary alicyclic amines) is 1. The standard InChI is InChI=1S/C17H24N4O4/c1-9-13(10(2)20-19-9)14(17(24)25)18-15(22)11-5-7-21(8-6-11)16(23)12-3-4-12/h11-12,14H,3-8H2,1-2H3,(H,18,22)(H,19,20)(H,24,25). The number of carboxylic acids is 1. The zero-order chi connectivity index (χ0) is 18.1. The van der Waals surface area contributed by atoms with Gasteiger partial charge in [0.1, 0.15) is 0 Å². The number of H-pyrrole nitrogens is 1. The molecular weight excluding hydrogens is 324 g/mol. The van der Waals surface area contributed by atoms with Gasteiger partial charge in [0.25, 0.3) is 0 Å². The maximum atomic E-state index is 12.5. The lowest BCUT2D eigenvalue weighted by Gasteiger charge is -2.32. The van der Waals surface area contributed by atoms with Crippen molar-refractivity contribution in [2.45, 2.75) is 45.6 Å². The summed E-state index contributed by atoms with van der Waals surface area (Å²) in [5, 5.41) is 18.9. The Kier molecular flexibility index (Phi) is 4.78. The van der Waals surface area contributed by atoms with Crippen LogP contribution in [0.25, 0.3) is 0 Å². The van der Waals surface area contributed by atoms with E-state index in [0.29, 0.717) is 42.9 Å². The van der Waals surface area contributed by atoms with Crippen LogP contribution in [0.4, 0.5) is 0 Å². The van der Waals surface area contributed by atoms with Crippen LogP contribution >= 0.6 is 0 Å². The third-order valence-electron chi connectivity index (χ3n) is 5.11. The van der Waals surface area contributed by atoms with Crippen LogP contribution in [-0.4, -0.2) is 51.1 Å². The Hall–Kier alpha value is -2.38. The molecule has 0 bridgehead atoms. The van der Waals surface area contributed by atoms with E-state index in [1.165, 1.54) is 0 Å². The number of hydrogen-bond donors (Lipinski definition) is 3. The van der Waals surface area contributed by atoms with Crippen molar-refractivity contribution in [2.75, 3.05) is 13.1 Å². The first kappa shape index (κ1) is 17.4. The van der Waals surface area contributed by atoms with Gasteiger partial charge in [0.05, 0.1) is 5.69 Å². The summed E-state index contributed by atoms with van der Waals surface area (Å²) in [6, 6.07) is -1.11. The molecule has 1 aromatic heterocycles. The Bertz CT molecular complexity index is 667. The average Bonchev–Trinajstić information content (AvgIpc) is 3.38. The molecule has 1 atom stereocenters. The Balaban J connectivity index is 1.61. The first-order valence-electron chi connectivity index (χ1n) is 8.72. The van der Waals surface area contributed by atoms with Crippen LogP contribution in [0.1, 0.15) is 48.7 Å². The van der Waals surface area contributed by atoms with Crippen LogP contribution in [-0.2, 0) is 14.4 Å². The highest BCUT2D eigenvalue weighted by molar-refractivity contribution is 5.86. The van der Waals surface area contributed by atoms with Gasteiger partial charge in [-0.15, -0.1) is 0 Å². The van der Waals surface area contributed by atoms with Crippen molar-refractivity contribution >= 4 is 17.8 Å².